The molecule has 0 saturated carbocycles. The van der Waals surface area contributed by atoms with Gasteiger partial charge in [0.15, 0.2) is 0 Å². The molecule has 0 aliphatic carbocycles. The Bertz CT molecular complexity index is 847. The molecule has 0 aliphatic rings. The molecule has 0 aliphatic heterocycles. The molecule has 122 valence electrons. The van der Waals surface area contributed by atoms with Crippen molar-refractivity contribution < 1.29 is 4.79 Å². The molecule has 1 heterocycles. The monoisotopic (exact) mass is 341 g/mol. The lowest BCUT2D eigenvalue weighted by Gasteiger charge is -2.09. The summed E-state index contributed by atoms with van der Waals surface area (Å²) in [6.07, 6.45) is 0. The first-order valence-electron chi connectivity index (χ1n) is 7.41. The van der Waals surface area contributed by atoms with Crippen molar-refractivity contribution in [1.29, 1.82) is 0 Å². The smallest absolute Gasteiger partial charge is 0.251 e. The second-order valence-corrected chi connectivity index (χ2v) is 5.54. The van der Waals surface area contributed by atoms with Gasteiger partial charge in [-0.1, -0.05) is 48.0 Å². The fourth-order valence-electron chi connectivity index (χ4n) is 2.20. The van der Waals surface area contributed by atoms with Gasteiger partial charge in [0.2, 0.25) is 11.9 Å². The van der Waals surface area contributed by atoms with E-state index in [4.69, 9.17) is 11.6 Å². The molecule has 0 bridgehead atoms. The van der Waals surface area contributed by atoms with Gasteiger partial charge in [-0.2, -0.15) is 9.67 Å². The molecule has 0 fully saturated rings. The second-order valence-electron chi connectivity index (χ2n) is 5.13. The number of amides is 1. The van der Waals surface area contributed by atoms with Crippen LogP contribution in [0.2, 0.25) is 5.02 Å². The lowest BCUT2D eigenvalue weighted by Crippen LogP contribution is -2.08. The summed E-state index contributed by atoms with van der Waals surface area (Å²) in [5, 5.41) is 10.8. The van der Waals surface area contributed by atoms with E-state index < -0.39 is 0 Å². The van der Waals surface area contributed by atoms with Crippen LogP contribution in [0.1, 0.15) is 12.5 Å². The Balaban J connectivity index is 1.89. The van der Waals surface area contributed by atoms with E-state index >= 15 is 0 Å². The summed E-state index contributed by atoms with van der Waals surface area (Å²) in [5.74, 6) is 0.538. The largest absolute Gasteiger partial charge is 0.350 e. The van der Waals surface area contributed by atoms with Gasteiger partial charge in [0.05, 0.1) is 5.69 Å². The molecule has 3 aromatic rings. The summed E-state index contributed by atoms with van der Waals surface area (Å²) in [4.78, 5) is 15.6. The molecular formula is C17H16ClN5O. The fourth-order valence-corrected chi connectivity index (χ4v) is 2.40. The third kappa shape index (κ3) is 3.72. The number of rotatable bonds is 5. The molecule has 6 nitrogen and oxygen atoms in total. The maximum atomic E-state index is 11.3. The lowest BCUT2D eigenvalue weighted by atomic mass is 10.2. The standard InChI is InChI=1S/C17H16ClN5O/c1-12(24)20-16-21-17(19-11-13-7-5-6-10-15(13)18)23(22-16)14-8-3-2-4-9-14/h2-10H,11H2,1H3,(H2,19,20,21,22,24). The van der Waals surface area contributed by atoms with Crippen LogP contribution >= 0.6 is 11.6 Å². The van der Waals surface area contributed by atoms with E-state index in [1.54, 1.807) is 4.68 Å². The third-order valence-electron chi connectivity index (χ3n) is 3.29. The molecule has 0 spiro atoms. The number of nitrogens with zero attached hydrogens (tertiary/aromatic N) is 3. The van der Waals surface area contributed by atoms with Crippen LogP contribution in [-0.2, 0) is 11.3 Å². The van der Waals surface area contributed by atoms with E-state index in [1.807, 2.05) is 54.6 Å². The summed E-state index contributed by atoms with van der Waals surface area (Å²) in [7, 11) is 0. The molecule has 0 atom stereocenters. The van der Waals surface area contributed by atoms with Gasteiger partial charge < -0.3 is 5.32 Å². The number of carbonyl (C=O) groups excluding carboxylic acids is 1. The molecule has 0 saturated heterocycles. The molecule has 24 heavy (non-hydrogen) atoms. The summed E-state index contributed by atoms with van der Waals surface area (Å²) in [5.41, 5.74) is 1.78. The van der Waals surface area contributed by atoms with Gasteiger partial charge in [-0.15, -0.1) is 5.10 Å². The number of benzene rings is 2. The Labute approximate surface area is 144 Å². The Morgan fingerprint density at radius 2 is 1.83 bits per heavy atom. The molecule has 7 heteroatoms. The Kier molecular flexibility index (Phi) is 4.77. The lowest BCUT2D eigenvalue weighted by molar-refractivity contribution is -0.114. The van der Waals surface area contributed by atoms with E-state index in [1.165, 1.54) is 6.92 Å². The van der Waals surface area contributed by atoms with Crippen LogP contribution in [0.25, 0.3) is 5.69 Å². The molecule has 2 N–H and O–H groups in total. The van der Waals surface area contributed by atoms with Crippen molar-refractivity contribution in [1.82, 2.24) is 14.8 Å². The quantitative estimate of drug-likeness (QED) is 0.745. The van der Waals surface area contributed by atoms with Crippen LogP contribution in [0.3, 0.4) is 0 Å². The molecular weight excluding hydrogens is 326 g/mol. The maximum Gasteiger partial charge on any atom is 0.251 e. The first-order valence-corrected chi connectivity index (χ1v) is 7.78. The number of hydrogen-bond donors (Lipinski definition) is 2. The SMILES string of the molecule is CC(=O)Nc1nc(NCc2ccccc2Cl)n(-c2ccccc2)n1. The zero-order valence-corrected chi connectivity index (χ0v) is 13.8. The van der Waals surface area contributed by atoms with Crippen molar-refractivity contribution in [2.75, 3.05) is 10.6 Å². The molecule has 1 amide bonds. The highest BCUT2D eigenvalue weighted by atomic mass is 35.5. The normalized spacial score (nSPS) is 10.4. The predicted molar refractivity (Wildman–Crippen MR) is 94.4 cm³/mol. The summed E-state index contributed by atoms with van der Waals surface area (Å²) in [6.45, 7) is 1.91. The van der Waals surface area contributed by atoms with E-state index in [9.17, 15) is 4.79 Å². The number of halogens is 1. The van der Waals surface area contributed by atoms with Gasteiger partial charge in [-0.3, -0.25) is 10.1 Å². The van der Waals surface area contributed by atoms with Crippen molar-refractivity contribution in [2.24, 2.45) is 0 Å². The molecule has 0 unspecified atom stereocenters. The number of para-hydroxylation sites is 1. The van der Waals surface area contributed by atoms with Gasteiger partial charge in [0.1, 0.15) is 0 Å². The zero-order chi connectivity index (χ0) is 16.9. The first kappa shape index (κ1) is 16.0. The Hall–Kier alpha value is -2.86. The maximum absolute atomic E-state index is 11.3. The number of carbonyl (C=O) groups is 1. The minimum atomic E-state index is -0.224. The molecule has 3 rings (SSSR count). The van der Waals surface area contributed by atoms with E-state index in [0.717, 1.165) is 11.3 Å². The zero-order valence-electron chi connectivity index (χ0n) is 13.0. The van der Waals surface area contributed by atoms with Crippen LogP contribution in [0.4, 0.5) is 11.9 Å². The predicted octanol–water partition coefficient (Wildman–Crippen LogP) is 3.49. The number of hydrogen-bond acceptors (Lipinski definition) is 4. The van der Waals surface area contributed by atoms with Gasteiger partial charge in [0, 0.05) is 18.5 Å². The number of nitrogens with one attached hydrogen (secondary N) is 2. The Morgan fingerprint density at radius 1 is 1.12 bits per heavy atom. The van der Waals surface area contributed by atoms with Crippen molar-refractivity contribution >= 4 is 29.4 Å². The minimum absolute atomic E-state index is 0.224. The highest BCUT2D eigenvalue weighted by molar-refractivity contribution is 6.31. The van der Waals surface area contributed by atoms with Gasteiger partial charge >= 0.3 is 0 Å². The first-order chi connectivity index (χ1) is 11.6. The van der Waals surface area contributed by atoms with Crippen LogP contribution in [0.15, 0.2) is 54.6 Å². The van der Waals surface area contributed by atoms with Crippen LogP contribution < -0.4 is 10.6 Å². The summed E-state index contributed by atoms with van der Waals surface area (Å²) in [6, 6.07) is 17.1. The van der Waals surface area contributed by atoms with Gasteiger partial charge in [0.25, 0.3) is 5.95 Å². The highest BCUT2D eigenvalue weighted by Crippen LogP contribution is 2.19. The average Bonchev–Trinajstić information content (AvgIpc) is 2.97. The summed E-state index contributed by atoms with van der Waals surface area (Å²) < 4.78 is 1.64. The fraction of sp³-hybridized carbons (Fsp3) is 0.118. The van der Waals surface area contributed by atoms with E-state index in [0.29, 0.717) is 17.5 Å². The van der Waals surface area contributed by atoms with Gasteiger partial charge in [-0.05, 0) is 23.8 Å². The molecule has 2 aromatic carbocycles. The second kappa shape index (κ2) is 7.14. The van der Waals surface area contributed by atoms with Crippen molar-refractivity contribution in [3.8, 4) is 5.69 Å². The average molecular weight is 342 g/mol. The Morgan fingerprint density at radius 3 is 2.54 bits per heavy atom. The van der Waals surface area contributed by atoms with Crippen molar-refractivity contribution in [3.63, 3.8) is 0 Å². The number of aromatic nitrogens is 3. The van der Waals surface area contributed by atoms with Crippen LogP contribution in [0, 0.1) is 0 Å². The van der Waals surface area contributed by atoms with Crippen molar-refractivity contribution in [2.45, 2.75) is 13.5 Å². The number of anilines is 2. The molecule has 0 radical (unpaired) electrons. The van der Waals surface area contributed by atoms with Crippen LogP contribution in [0.5, 0.6) is 0 Å². The van der Waals surface area contributed by atoms with Gasteiger partial charge in [-0.25, -0.2) is 0 Å². The van der Waals surface area contributed by atoms with Crippen LogP contribution in [-0.4, -0.2) is 20.7 Å². The van der Waals surface area contributed by atoms with E-state index in [-0.39, 0.29) is 11.9 Å². The van der Waals surface area contributed by atoms with Crippen molar-refractivity contribution in [3.05, 3.63) is 65.2 Å². The topological polar surface area (TPSA) is 71.8 Å². The van der Waals surface area contributed by atoms with E-state index in [2.05, 4.69) is 20.7 Å². The summed E-state index contributed by atoms with van der Waals surface area (Å²) >= 11 is 6.18. The third-order valence-corrected chi connectivity index (χ3v) is 3.66. The highest BCUT2D eigenvalue weighted by Gasteiger charge is 2.12. The minimum Gasteiger partial charge on any atom is -0.350 e. The molecule has 1 aromatic heterocycles.